The minimum absolute atomic E-state index is 0. The Balaban J connectivity index is 0.00000320. The van der Waals surface area contributed by atoms with Gasteiger partial charge in [0.25, 0.3) is 5.91 Å². The number of carbonyl (C=O) groups is 1. The molecule has 0 aliphatic rings. The van der Waals surface area contributed by atoms with E-state index in [1.807, 2.05) is 57.2 Å². The first-order chi connectivity index (χ1) is 17.4. The van der Waals surface area contributed by atoms with Gasteiger partial charge in [0.2, 0.25) is 0 Å². The lowest BCUT2D eigenvalue weighted by Crippen LogP contribution is -2.39. The van der Waals surface area contributed by atoms with Crippen LogP contribution in [0.2, 0.25) is 0 Å². The number of rotatable bonds is 7. The Hall–Kier alpha value is -4.04. The Bertz CT molecular complexity index is 1530. The van der Waals surface area contributed by atoms with E-state index in [1.165, 1.54) is 23.5 Å². The number of hydrogen-bond acceptors (Lipinski definition) is 5. The number of aryl methyl sites for hydroxylation is 2. The van der Waals surface area contributed by atoms with Crippen LogP contribution in [0.4, 0.5) is 4.39 Å². The molecule has 0 aliphatic carbocycles. The van der Waals surface area contributed by atoms with E-state index >= 15 is 0 Å². The van der Waals surface area contributed by atoms with Gasteiger partial charge in [-0.25, -0.2) is 14.1 Å². The molecule has 3 aromatic carbocycles. The number of benzene rings is 3. The summed E-state index contributed by atoms with van der Waals surface area (Å²) in [6.07, 6.45) is 3.02. The molecule has 6 nitrogen and oxygen atoms in total. The van der Waals surface area contributed by atoms with Gasteiger partial charge in [0.1, 0.15) is 17.7 Å². The van der Waals surface area contributed by atoms with Gasteiger partial charge in [-0.15, -0.1) is 11.3 Å². The van der Waals surface area contributed by atoms with Crippen LogP contribution in [0.3, 0.4) is 0 Å². The number of fused-ring (bicyclic) bond motifs is 1. The minimum Gasteiger partial charge on any atom is -0.484 e. The number of amides is 1. The highest BCUT2D eigenvalue weighted by atomic mass is 32.1. The Morgan fingerprint density at radius 2 is 1.84 bits per heavy atom. The molecule has 5 rings (SSSR count). The van der Waals surface area contributed by atoms with Crippen molar-refractivity contribution >= 4 is 28.1 Å². The lowest BCUT2D eigenvalue weighted by molar-refractivity contribution is 0.0881. The zero-order chi connectivity index (χ0) is 25.2. The lowest BCUT2D eigenvalue weighted by Gasteiger charge is -2.26. The van der Waals surface area contributed by atoms with Crippen molar-refractivity contribution in [1.82, 2.24) is 20.1 Å². The number of hydrogen-bond donors (Lipinski definition) is 1. The second-order valence-electron chi connectivity index (χ2n) is 8.74. The second kappa shape index (κ2) is 10.9. The molecule has 0 radical (unpaired) electrons. The summed E-state index contributed by atoms with van der Waals surface area (Å²) < 4.78 is 21.6. The molecule has 2 aromatic heterocycles. The van der Waals surface area contributed by atoms with Crippen LogP contribution >= 0.6 is 11.3 Å². The molecule has 0 bridgehead atoms. The molecule has 2 atom stereocenters. The van der Waals surface area contributed by atoms with Crippen LogP contribution in [0.1, 0.15) is 46.3 Å². The van der Waals surface area contributed by atoms with Gasteiger partial charge in [-0.3, -0.25) is 4.79 Å². The third-order valence-corrected chi connectivity index (χ3v) is 6.78. The Morgan fingerprint density at radius 3 is 2.54 bits per heavy atom. The Kier molecular flexibility index (Phi) is 7.69. The molecule has 37 heavy (non-hydrogen) atoms. The van der Waals surface area contributed by atoms with Gasteiger partial charge in [-0.1, -0.05) is 37.3 Å². The molecule has 0 unspecified atom stereocenters. The number of ether oxygens (including phenoxy) is 1. The second-order valence-corrected chi connectivity index (χ2v) is 9.98. The zero-order valence-electron chi connectivity index (χ0n) is 20.1. The molecule has 2 heterocycles. The van der Waals surface area contributed by atoms with Gasteiger partial charge >= 0.3 is 0 Å². The van der Waals surface area contributed by atoms with Gasteiger partial charge in [0.15, 0.2) is 5.01 Å². The number of halogens is 1. The number of carbonyl (C=O) groups excluding carboxylic acids is 1. The van der Waals surface area contributed by atoms with Crippen molar-refractivity contribution in [1.29, 1.82) is 0 Å². The molecule has 0 aliphatic heterocycles. The van der Waals surface area contributed by atoms with E-state index in [0.717, 1.165) is 32.6 Å². The summed E-state index contributed by atoms with van der Waals surface area (Å²) in [7, 11) is 0. The monoisotopic (exact) mass is 516 g/mol. The molecule has 0 spiro atoms. The van der Waals surface area contributed by atoms with Crippen molar-refractivity contribution in [2.45, 2.75) is 40.3 Å². The van der Waals surface area contributed by atoms with Gasteiger partial charge in [-0.05, 0) is 68.8 Å². The Morgan fingerprint density at radius 1 is 1.05 bits per heavy atom. The molecule has 5 aromatic rings. The summed E-state index contributed by atoms with van der Waals surface area (Å²) in [6.45, 7) is 5.87. The van der Waals surface area contributed by atoms with Crippen LogP contribution in [-0.4, -0.2) is 26.7 Å². The van der Waals surface area contributed by atoms with Crippen LogP contribution in [0.15, 0.2) is 79.1 Å². The summed E-state index contributed by atoms with van der Waals surface area (Å²) >= 11 is 1.36. The van der Waals surface area contributed by atoms with Crippen molar-refractivity contribution in [3.05, 3.63) is 106 Å². The first kappa shape index (κ1) is 26.0. The van der Waals surface area contributed by atoms with Crippen molar-refractivity contribution in [3.8, 4) is 11.4 Å². The fourth-order valence-electron chi connectivity index (χ4n) is 4.13. The molecule has 8 heteroatoms. The first-order valence-electron chi connectivity index (χ1n) is 11.6. The summed E-state index contributed by atoms with van der Waals surface area (Å²) in [6, 6.07) is 19.7. The summed E-state index contributed by atoms with van der Waals surface area (Å²) in [5, 5.41) is 8.83. The Labute approximate surface area is 219 Å². The van der Waals surface area contributed by atoms with Gasteiger partial charge in [0.05, 0.1) is 23.4 Å². The molecule has 190 valence electrons. The number of nitrogens with zero attached hydrogens (tertiary/aromatic N) is 3. The first-order valence-corrected chi connectivity index (χ1v) is 12.4. The van der Waals surface area contributed by atoms with E-state index in [9.17, 15) is 9.18 Å². The lowest BCUT2D eigenvalue weighted by atomic mass is 10.0. The number of nitrogens with one attached hydrogen (secondary N) is 1. The predicted octanol–water partition coefficient (Wildman–Crippen LogP) is 6.81. The largest absolute Gasteiger partial charge is 0.484 e. The van der Waals surface area contributed by atoms with Crippen LogP contribution in [0.5, 0.6) is 5.75 Å². The number of thiazole rings is 1. The van der Waals surface area contributed by atoms with Crippen LogP contribution in [0, 0.1) is 19.7 Å². The van der Waals surface area contributed by atoms with Crippen LogP contribution < -0.4 is 10.1 Å². The number of aromatic nitrogens is 3. The summed E-state index contributed by atoms with van der Waals surface area (Å²) in [5.74, 6) is 0.135. The topological polar surface area (TPSA) is 69.0 Å². The van der Waals surface area contributed by atoms with E-state index in [-0.39, 0.29) is 25.2 Å². The van der Waals surface area contributed by atoms with E-state index in [2.05, 4.69) is 21.5 Å². The average Bonchev–Trinajstić information content (AvgIpc) is 3.49. The summed E-state index contributed by atoms with van der Waals surface area (Å²) in [4.78, 5) is 18.0. The van der Waals surface area contributed by atoms with E-state index in [4.69, 9.17) is 4.74 Å². The predicted molar refractivity (Wildman–Crippen MR) is 146 cm³/mol. The highest BCUT2D eigenvalue weighted by Gasteiger charge is 2.25. The van der Waals surface area contributed by atoms with Gasteiger partial charge in [-0.2, -0.15) is 5.10 Å². The summed E-state index contributed by atoms with van der Waals surface area (Å²) in [5.41, 5.74) is 3.71. The maximum absolute atomic E-state index is 13.3. The fraction of sp³-hybridized carbons (Fsp3) is 0.207. The van der Waals surface area contributed by atoms with Crippen LogP contribution in [-0.2, 0) is 0 Å². The maximum Gasteiger partial charge on any atom is 0.280 e. The zero-order valence-corrected chi connectivity index (χ0v) is 20.9. The van der Waals surface area contributed by atoms with Gasteiger partial charge in [0, 0.05) is 16.5 Å². The molecule has 0 saturated heterocycles. The molecule has 0 saturated carbocycles. The van der Waals surface area contributed by atoms with E-state index in [0.29, 0.717) is 10.8 Å². The standard InChI is InChI=1S/C28H25FN4O2S.CH4/c1-17-5-4-6-20(13-17)26(19(3)32-27(34)28-30-15-18(2)36-28)35-24-11-12-25-21(14-24)16-31-33(25)23-9-7-22(29)8-10-23;/h4-16,19,26H,1-3H3,(H,32,34);1H4/t19-,26-;/m0./s1. The molecule has 1 amide bonds. The van der Waals surface area contributed by atoms with Crippen molar-refractivity contribution in [2.75, 3.05) is 0 Å². The molecule has 0 fully saturated rings. The normalized spacial score (nSPS) is 12.5. The highest BCUT2D eigenvalue weighted by Crippen LogP contribution is 2.29. The van der Waals surface area contributed by atoms with Crippen molar-refractivity contribution in [3.63, 3.8) is 0 Å². The van der Waals surface area contributed by atoms with Crippen LogP contribution in [0.25, 0.3) is 16.6 Å². The minimum atomic E-state index is -0.431. The molecular weight excluding hydrogens is 487 g/mol. The fourth-order valence-corrected chi connectivity index (χ4v) is 4.80. The molecule has 1 N–H and O–H groups in total. The SMILES string of the molecule is C.Cc1cccc([C@@H](Oc2ccc3c(cnn3-c3ccc(F)cc3)c2)[C@H](C)NC(=O)c2ncc(C)s2)c1. The molecular formula is C29H29FN4O2S. The van der Waals surface area contributed by atoms with E-state index in [1.54, 1.807) is 29.2 Å². The van der Waals surface area contributed by atoms with Gasteiger partial charge < -0.3 is 10.1 Å². The average molecular weight is 517 g/mol. The third-order valence-electron chi connectivity index (χ3n) is 5.87. The van der Waals surface area contributed by atoms with Crippen molar-refractivity contribution in [2.24, 2.45) is 0 Å². The quantitative estimate of drug-likeness (QED) is 0.258. The van der Waals surface area contributed by atoms with Crippen molar-refractivity contribution < 1.29 is 13.9 Å². The highest BCUT2D eigenvalue weighted by molar-refractivity contribution is 7.13. The third kappa shape index (κ3) is 5.70. The van der Waals surface area contributed by atoms with E-state index < -0.39 is 6.10 Å². The maximum atomic E-state index is 13.3. The smallest absolute Gasteiger partial charge is 0.280 e.